The van der Waals surface area contributed by atoms with Crippen LogP contribution in [0.4, 0.5) is 0 Å². The average Bonchev–Trinajstić information content (AvgIpc) is 2.89. The largest absolute Gasteiger partial charge is 0.356 e. The average molecular weight is 380 g/mol. The third-order valence-corrected chi connectivity index (χ3v) is 6.37. The molecular weight excluding hydrogens is 358 g/mol. The quantitative estimate of drug-likeness (QED) is 0.705. The number of halogens is 1. The number of aromatic amines is 1. The van der Waals surface area contributed by atoms with E-state index < -0.39 is 0 Å². The molecule has 6 heteroatoms. The van der Waals surface area contributed by atoms with Crippen LogP contribution in [0.15, 0.2) is 16.7 Å². The first-order valence-electron chi connectivity index (χ1n) is 8.44. The molecule has 0 atom stereocenters. The molecule has 4 fully saturated rings. The minimum Gasteiger partial charge on any atom is -0.356 e. The molecule has 1 heterocycles. The van der Waals surface area contributed by atoms with Crippen LogP contribution in [-0.4, -0.2) is 16.8 Å². The molecule has 4 aliphatic carbocycles. The highest BCUT2D eigenvalue weighted by Gasteiger charge is 2.51. The van der Waals surface area contributed by atoms with Gasteiger partial charge in [0.1, 0.15) is 5.69 Å². The highest BCUT2D eigenvalue weighted by atomic mass is 79.9. The molecule has 124 valence electrons. The van der Waals surface area contributed by atoms with Gasteiger partial charge in [0.05, 0.1) is 0 Å². The van der Waals surface area contributed by atoms with E-state index in [-0.39, 0.29) is 17.2 Å². The van der Waals surface area contributed by atoms with Gasteiger partial charge >= 0.3 is 0 Å². The van der Waals surface area contributed by atoms with Gasteiger partial charge in [-0.15, -0.1) is 0 Å². The molecule has 0 aromatic carbocycles. The third kappa shape index (κ3) is 3.05. The number of amides is 2. The zero-order chi connectivity index (χ0) is 16.0. The van der Waals surface area contributed by atoms with Crippen LogP contribution in [0.25, 0.3) is 0 Å². The molecule has 2 amide bonds. The Bertz CT molecular complexity index is 604. The summed E-state index contributed by atoms with van der Waals surface area (Å²) in [6, 6.07) is 1.68. The maximum Gasteiger partial charge on any atom is 0.286 e. The molecule has 23 heavy (non-hydrogen) atoms. The summed E-state index contributed by atoms with van der Waals surface area (Å²) in [6.45, 7) is 0. The van der Waals surface area contributed by atoms with Gasteiger partial charge in [-0.05, 0) is 83.7 Å². The van der Waals surface area contributed by atoms with Crippen molar-refractivity contribution in [3.05, 3.63) is 22.4 Å². The first-order chi connectivity index (χ1) is 11.0. The van der Waals surface area contributed by atoms with E-state index in [0.717, 1.165) is 22.2 Å². The summed E-state index contributed by atoms with van der Waals surface area (Å²) in [6.07, 6.45) is 9.95. The summed E-state index contributed by atoms with van der Waals surface area (Å²) in [4.78, 5) is 27.1. The Morgan fingerprint density at radius 3 is 2.26 bits per heavy atom. The van der Waals surface area contributed by atoms with Gasteiger partial charge in [0, 0.05) is 17.1 Å². The Morgan fingerprint density at radius 1 is 1.13 bits per heavy atom. The number of rotatable bonds is 3. The van der Waals surface area contributed by atoms with Gasteiger partial charge in [0.25, 0.3) is 5.91 Å². The minimum absolute atomic E-state index is 0.0640. The van der Waals surface area contributed by atoms with Gasteiger partial charge in [-0.1, -0.05) is 0 Å². The van der Waals surface area contributed by atoms with Crippen LogP contribution in [0.5, 0.6) is 0 Å². The van der Waals surface area contributed by atoms with Crippen molar-refractivity contribution >= 4 is 27.7 Å². The van der Waals surface area contributed by atoms with Crippen LogP contribution in [-0.2, 0) is 4.79 Å². The summed E-state index contributed by atoms with van der Waals surface area (Å²) in [5.74, 6) is 2.11. The molecule has 3 N–H and O–H groups in total. The topological polar surface area (TPSA) is 74.0 Å². The van der Waals surface area contributed by atoms with E-state index in [0.29, 0.717) is 12.1 Å². The Kier molecular flexibility index (Phi) is 3.75. The molecule has 0 aliphatic heterocycles. The number of carbonyl (C=O) groups excluding carboxylic acids is 2. The summed E-state index contributed by atoms with van der Waals surface area (Å²) in [5.41, 5.74) is 5.71. The van der Waals surface area contributed by atoms with E-state index in [4.69, 9.17) is 0 Å². The second kappa shape index (κ2) is 5.65. The van der Waals surface area contributed by atoms with Crippen molar-refractivity contribution < 1.29 is 9.59 Å². The molecule has 1 aromatic rings. The third-order valence-electron chi connectivity index (χ3n) is 5.91. The molecule has 0 saturated heterocycles. The van der Waals surface area contributed by atoms with Gasteiger partial charge < -0.3 is 4.98 Å². The Labute approximate surface area is 144 Å². The predicted octanol–water partition coefficient (Wildman–Crippen LogP) is 3.14. The van der Waals surface area contributed by atoms with Crippen molar-refractivity contribution in [2.24, 2.45) is 23.2 Å². The molecule has 4 aliphatic rings. The number of hydrazine groups is 1. The minimum atomic E-state index is -0.324. The zero-order valence-corrected chi connectivity index (χ0v) is 14.6. The molecule has 1 aromatic heterocycles. The highest BCUT2D eigenvalue weighted by molar-refractivity contribution is 9.10. The fraction of sp³-hybridized carbons (Fsp3) is 0.647. The van der Waals surface area contributed by atoms with E-state index in [1.165, 1.54) is 38.5 Å². The van der Waals surface area contributed by atoms with Crippen LogP contribution < -0.4 is 10.9 Å². The van der Waals surface area contributed by atoms with Crippen molar-refractivity contribution in [3.8, 4) is 0 Å². The van der Waals surface area contributed by atoms with Gasteiger partial charge in [-0.25, -0.2) is 0 Å². The number of H-pyrrole nitrogens is 1. The maximum absolute atomic E-state index is 12.3. The van der Waals surface area contributed by atoms with E-state index in [2.05, 4.69) is 31.8 Å². The van der Waals surface area contributed by atoms with E-state index in [9.17, 15) is 9.59 Å². The van der Waals surface area contributed by atoms with E-state index in [1.54, 1.807) is 12.3 Å². The lowest BCUT2D eigenvalue weighted by Gasteiger charge is -2.56. The standard InChI is InChI=1S/C17H22BrN3O2/c18-13-4-14(19-9-13)16(23)21-20-15(22)8-17-5-10-1-11(6-17)3-12(2-10)7-17/h4,9-12,19H,1-3,5-8H2,(H,20,22)(H,21,23). The second-order valence-corrected chi connectivity index (χ2v) is 8.74. The Morgan fingerprint density at radius 2 is 1.74 bits per heavy atom. The van der Waals surface area contributed by atoms with Crippen LogP contribution in [0.1, 0.15) is 55.4 Å². The summed E-state index contributed by atoms with van der Waals surface area (Å²) in [5, 5.41) is 0. The summed E-state index contributed by atoms with van der Waals surface area (Å²) in [7, 11) is 0. The monoisotopic (exact) mass is 379 g/mol. The molecule has 0 radical (unpaired) electrons. The maximum atomic E-state index is 12.3. The van der Waals surface area contributed by atoms with Crippen molar-refractivity contribution in [1.82, 2.24) is 15.8 Å². The molecule has 0 spiro atoms. The normalized spacial score (nSPS) is 34.4. The van der Waals surface area contributed by atoms with Crippen LogP contribution in [0.3, 0.4) is 0 Å². The smallest absolute Gasteiger partial charge is 0.286 e. The zero-order valence-electron chi connectivity index (χ0n) is 13.0. The number of hydrogen-bond donors (Lipinski definition) is 3. The molecule has 4 saturated carbocycles. The molecule has 4 bridgehead atoms. The van der Waals surface area contributed by atoms with E-state index in [1.807, 2.05) is 0 Å². The fourth-order valence-electron chi connectivity index (χ4n) is 5.58. The number of carbonyl (C=O) groups is 2. The van der Waals surface area contributed by atoms with Gasteiger partial charge in [0.15, 0.2) is 0 Å². The predicted molar refractivity (Wildman–Crippen MR) is 89.3 cm³/mol. The molecule has 0 unspecified atom stereocenters. The first kappa shape index (κ1) is 15.2. The molecule has 5 nitrogen and oxygen atoms in total. The van der Waals surface area contributed by atoms with Crippen molar-refractivity contribution in [2.75, 3.05) is 0 Å². The van der Waals surface area contributed by atoms with Crippen molar-refractivity contribution in [1.29, 1.82) is 0 Å². The number of nitrogens with one attached hydrogen (secondary N) is 3. The summed E-state index contributed by atoms with van der Waals surface area (Å²) < 4.78 is 0.808. The van der Waals surface area contributed by atoms with Crippen LogP contribution in [0, 0.1) is 23.2 Å². The van der Waals surface area contributed by atoms with Crippen molar-refractivity contribution in [3.63, 3.8) is 0 Å². The number of aromatic nitrogens is 1. The van der Waals surface area contributed by atoms with Crippen LogP contribution in [0.2, 0.25) is 0 Å². The fourth-order valence-corrected chi connectivity index (χ4v) is 5.93. The lowest BCUT2D eigenvalue weighted by Crippen LogP contribution is -2.50. The van der Waals surface area contributed by atoms with E-state index >= 15 is 0 Å². The van der Waals surface area contributed by atoms with Crippen LogP contribution >= 0.6 is 15.9 Å². The number of hydrogen-bond acceptors (Lipinski definition) is 2. The van der Waals surface area contributed by atoms with Gasteiger partial charge in [-0.2, -0.15) is 0 Å². The second-order valence-electron chi connectivity index (χ2n) is 7.83. The SMILES string of the molecule is O=C(CC12CC3CC(CC(C3)C1)C2)NNC(=O)c1cc(Br)c[nH]1. The lowest BCUT2D eigenvalue weighted by molar-refractivity contribution is -0.130. The van der Waals surface area contributed by atoms with Gasteiger partial charge in [-0.3, -0.25) is 20.4 Å². The molecule has 5 rings (SSSR count). The Balaban J connectivity index is 1.33. The summed E-state index contributed by atoms with van der Waals surface area (Å²) >= 11 is 3.29. The van der Waals surface area contributed by atoms with Crippen molar-refractivity contribution in [2.45, 2.75) is 44.9 Å². The first-order valence-corrected chi connectivity index (χ1v) is 9.24. The Hall–Kier alpha value is -1.30. The van der Waals surface area contributed by atoms with Gasteiger partial charge in [0.2, 0.25) is 5.91 Å². The highest BCUT2D eigenvalue weighted by Crippen LogP contribution is 2.61. The lowest BCUT2D eigenvalue weighted by atomic mass is 9.49. The molecular formula is C17H22BrN3O2.